The van der Waals surface area contributed by atoms with Gasteiger partial charge in [-0.15, -0.1) is 0 Å². The van der Waals surface area contributed by atoms with Crippen molar-refractivity contribution in [1.82, 2.24) is 25.2 Å². The zero-order chi connectivity index (χ0) is 19.6. The molecule has 0 saturated carbocycles. The van der Waals surface area contributed by atoms with Gasteiger partial charge in [-0.05, 0) is 66.6 Å². The molecule has 1 fully saturated rings. The van der Waals surface area contributed by atoms with Gasteiger partial charge >= 0.3 is 0 Å². The molecule has 146 valence electrons. The summed E-state index contributed by atoms with van der Waals surface area (Å²) in [7, 11) is 0. The van der Waals surface area contributed by atoms with Crippen LogP contribution in [0.4, 0.5) is 4.39 Å². The Hall–Kier alpha value is -3.09. The fourth-order valence-corrected chi connectivity index (χ4v) is 3.90. The molecule has 5 nitrogen and oxygen atoms in total. The zero-order valence-electron chi connectivity index (χ0n) is 16.0. The third-order valence-corrected chi connectivity index (χ3v) is 5.43. The molecule has 1 aromatic carbocycles. The van der Waals surface area contributed by atoms with Gasteiger partial charge in [0.15, 0.2) is 0 Å². The zero-order valence-corrected chi connectivity index (χ0v) is 16.0. The minimum Gasteiger partial charge on any atom is -0.315 e. The number of halogens is 1. The van der Waals surface area contributed by atoms with E-state index in [4.69, 9.17) is 5.10 Å². The van der Waals surface area contributed by atoms with Crippen LogP contribution in [-0.2, 0) is 6.54 Å². The van der Waals surface area contributed by atoms with Crippen LogP contribution in [-0.4, -0.2) is 33.7 Å². The van der Waals surface area contributed by atoms with E-state index in [1.807, 2.05) is 16.6 Å². The third kappa shape index (κ3) is 3.64. The number of pyridine rings is 2. The molecular formula is C23H22FN5. The monoisotopic (exact) mass is 387 g/mol. The molecule has 0 amide bonds. The summed E-state index contributed by atoms with van der Waals surface area (Å²) < 4.78 is 15.4. The van der Waals surface area contributed by atoms with E-state index in [-0.39, 0.29) is 5.82 Å². The maximum atomic E-state index is 13.5. The van der Waals surface area contributed by atoms with Crippen LogP contribution in [0, 0.1) is 5.82 Å². The quantitative estimate of drug-likeness (QED) is 0.549. The van der Waals surface area contributed by atoms with Crippen LogP contribution in [0.1, 0.15) is 12.0 Å². The van der Waals surface area contributed by atoms with Gasteiger partial charge in [0.2, 0.25) is 0 Å². The lowest BCUT2D eigenvalue weighted by Crippen LogP contribution is -2.30. The van der Waals surface area contributed by atoms with E-state index in [1.54, 1.807) is 24.5 Å². The lowest BCUT2D eigenvalue weighted by atomic mass is 10.0. The van der Waals surface area contributed by atoms with Gasteiger partial charge in [0.1, 0.15) is 11.5 Å². The second kappa shape index (κ2) is 7.73. The van der Waals surface area contributed by atoms with Gasteiger partial charge in [0, 0.05) is 48.8 Å². The Balaban J connectivity index is 1.57. The Morgan fingerprint density at radius 3 is 2.62 bits per heavy atom. The van der Waals surface area contributed by atoms with Crippen LogP contribution in [0.5, 0.6) is 0 Å². The van der Waals surface area contributed by atoms with Crippen LogP contribution in [0.25, 0.3) is 27.9 Å². The van der Waals surface area contributed by atoms with Crippen molar-refractivity contribution in [2.24, 2.45) is 0 Å². The normalized spacial score (nSPS) is 16.5. The topological polar surface area (TPSA) is 54.2 Å². The van der Waals surface area contributed by atoms with Crippen molar-refractivity contribution >= 4 is 5.52 Å². The predicted molar refractivity (Wildman–Crippen MR) is 112 cm³/mol. The second-order valence-electron chi connectivity index (χ2n) is 7.40. The van der Waals surface area contributed by atoms with E-state index in [0.29, 0.717) is 6.04 Å². The molecular weight excluding hydrogens is 365 g/mol. The average molecular weight is 387 g/mol. The Morgan fingerprint density at radius 2 is 1.86 bits per heavy atom. The summed E-state index contributed by atoms with van der Waals surface area (Å²) in [5.41, 5.74) is 5.98. The molecule has 4 heterocycles. The highest BCUT2D eigenvalue weighted by molar-refractivity contribution is 5.92. The summed E-state index contributed by atoms with van der Waals surface area (Å²) in [6, 6.07) is 15.2. The Labute approximate surface area is 168 Å². The maximum Gasteiger partial charge on any atom is 0.123 e. The maximum absolute atomic E-state index is 13.5. The van der Waals surface area contributed by atoms with Crippen molar-refractivity contribution < 1.29 is 4.39 Å². The predicted octanol–water partition coefficient (Wildman–Crippen LogP) is 3.65. The van der Waals surface area contributed by atoms with E-state index >= 15 is 0 Å². The van der Waals surface area contributed by atoms with Crippen molar-refractivity contribution in [3.05, 3.63) is 78.5 Å². The first kappa shape index (κ1) is 18.0. The molecule has 1 aliphatic heterocycles. The van der Waals surface area contributed by atoms with Crippen molar-refractivity contribution in [2.45, 2.75) is 19.0 Å². The highest BCUT2D eigenvalue weighted by atomic mass is 19.1. The summed E-state index contributed by atoms with van der Waals surface area (Å²) in [4.78, 5) is 4.14. The second-order valence-corrected chi connectivity index (χ2v) is 7.40. The van der Waals surface area contributed by atoms with Gasteiger partial charge < -0.3 is 10.6 Å². The number of fused-ring (bicyclic) bond motifs is 1. The third-order valence-electron chi connectivity index (χ3n) is 5.43. The van der Waals surface area contributed by atoms with Gasteiger partial charge in [-0.25, -0.2) is 8.91 Å². The largest absolute Gasteiger partial charge is 0.315 e. The highest BCUT2D eigenvalue weighted by Crippen LogP contribution is 2.35. The van der Waals surface area contributed by atoms with Crippen molar-refractivity contribution in [3.8, 4) is 22.4 Å². The first-order valence-electron chi connectivity index (χ1n) is 9.89. The van der Waals surface area contributed by atoms with Crippen LogP contribution >= 0.6 is 0 Å². The number of nitrogens with one attached hydrogen (secondary N) is 2. The van der Waals surface area contributed by atoms with Crippen molar-refractivity contribution in [2.75, 3.05) is 13.1 Å². The summed E-state index contributed by atoms with van der Waals surface area (Å²) >= 11 is 0. The molecule has 5 rings (SSSR count). The Kier molecular flexibility index (Phi) is 4.79. The van der Waals surface area contributed by atoms with Gasteiger partial charge in [0.25, 0.3) is 0 Å². The molecule has 1 saturated heterocycles. The number of nitrogens with zero attached hydrogens (tertiary/aromatic N) is 3. The summed E-state index contributed by atoms with van der Waals surface area (Å²) in [5, 5.41) is 11.8. The summed E-state index contributed by atoms with van der Waals surface area (Å²) in [5.74, 6) is -0.252. The Bertz CT molecular complexity index is 1120. The number of hydrogen-bond donors (Lipinski definition) is 2. The molecule has 0 spiro atoms. The smallest absolute Gasteiger partial charge is 0.123 e. The molecule has 6 heteroatoms. The molecule has 0 radical (unpaired) electrons. The molecule has 0 bridgehead atoms. The van der Waals surface area contributed by atoms with Crippen LogP contribution in [0.15, 0.2) is 67.1 Å². The molecule has 0 unspecified atom stereocenters. The summed E-state index contributed by atoms with van der Waals surface area (Å²) in [6.45, 7) is 2.90. The average Bonchev–Trinajstić information content (AvgIpc) is 3.41. The Morgan fingerprint density at radius 1 is 1.03 bits per heavy atom. The molecule has 2 N–H and O–H groups in total. The van der Waals surface area contributed by atoms with Crippen LogP contribution in [0.2, 0.25) is 0 Å². The van der Waals surface area contributed by atoms with Gasteiger partial charge in [0.05, 0.1) is 5.52 Å². The first-order valence-corrected chi connectivity index (χ1v) is 9.89. The molecule has 3 aromatic heterocycles. The molecule has 29 heavy (non-hydrogen) atoms. The number of benzene rings is 1. The van der Waals surface area contributed by atoms with Gasteiger partial charge in [-0.2, -0.15) is 5.10 Å². The molecule has 1 atom stereocenters. The standard InChI is InChI=1S/C23H22FN5/c24-19-4-2-18(3-5-19)23-22(17-7-10-25-11-8-17)21-6-1-16(15-29(21)28-23)13-27-20-9-12-26-14-20/h1-8,10-11,15,20,26-27H,9,12-14H2/t20-/m0/s1. The van der Waals surface area contributed by atoms with Crippen LogP contribution < -0.4 is 10.6 Å². The number of hydrogen-bond acceptors (Lipinski definition) is 4. The lowest BCUT2D eigenvalue weighted by molar-refractivity contribution is 0.546. The first-order chi connectivity index (χ1) is 14.3. The molecule has 4 aromatic rings. The fourth-order valence-electron chi connectivity index (χ4n) is 3.90. The minimum atomic E-state index is -0.252. The fraction of sp³-hybridized carbons (Fsp3) is 0.217. The van der Waals surface area contributed by atoms with Crippen molar-refractivity contribution in [3.63, 3.8) is 0 Å². The highest BCUT2D eigenvalue weighted by Gasteiger charge is 2.17. The van der Waals surface area contributed by atoms with Gasteiger partial charge in [-0.1, -0.05) is 6.07 Å². The lowest BCUT2D eigenvalue weighted by Gasteiger charge is -2.11. The molecule has 1 aliphatic rings. The van der Waals surface area contributed by atoms with Gasteiger partial charge in [-0.3, -0.25) is 4.98 Å². The minimum absolute atomic E-state index is 0.252. The van der Waals surface area contributed by atoms with Crippen LogP contribution in [0.3, 0.4) is 0 Å². The van der Waals surface area contributed by atoms with Crippen molar-refractivity contribution in [1.29, 1.82) is 0 Å². The van der Waals surface area contributed by atoms with E-state index in [2.05, 4.69) is 33.9 Å². The van der Waals surface area contributed by atoms with E-state index in [1.165, 1.54) is 17.7 Å². The van der Waals surface area contributed by atoms with E-state index < -0.39 is 0 Å². The number of aromatic nitrogens is 3. The summed E-state index contributed by atoms with van der Waals surface area (Å²) in [6.07, 6.45) is 6.79. The molecule has 0 aliphatic carbocycles. The number of rotatable bonds is 5. The SMILES string of the molecule is Fc1ccc(-c2nn3cc(CN[C@H]4CCNC4)ccc3c2-c2ccncc2)cc1. The van der Waals surface area contributed by atoms with E-state index in [9.17, 15) is 4.39 Å². The van der Waals surface area contributed by atoms with E-state index in [0.717, 1.165) is 54.0 Å².